The summed E-state index contributed by atoms with van der Waals surface area (Å²) >= 11 is 0. The highest BCUT2D eigenvalue weighted by Gasteiger charge is 2.06. The lowest BCUT2D eigenvalue weighted by Gasteiger charge is -2.09. The summed E-state index contributed by atoms with van der Waals surface area (Å²) in [5.41, 5.74) is 1.43. The van der Waals surface area contributed by atoms with E-state index in [0.717, 1.165) is 11.3 Å². The first kappa shape index (κ1) is 14.8. The van der Waals surface area contributed by atoms with Crippen molar-refractivity contribution in [2.45, 2.75) is 20.0 Å². The van der Waals surface area contributed by atoms with Gasteiger partial charge in [0.1, 0.15) is 11.6 Å². The van der Waals surface area contributed by atoms with Crippen LogP contribution in [0.25, 0.3) is 11.6 Å². The van der Waals surface area contributed by atoms with Gasteiger partial charge in [0.05, 0.1) is 17.7 Å². The highest BCUT2D eigenvalue weighted by Crippen LogP contribution is 2.22. The molecule has 0 radical (unpaired) electrons. The minimum atomic E-state index is -0.398. The highest BCUT2D eigenvalue weighted by atomic mass is 19.1. The van der Waals surface area contributed by atoms with Crippen LogP contribution in [0.15, 0.2) is 48.5 Å². The molecule has 0 saturated carbocycles. The van der Waals surface area contributed by atoms with E-state index in [9.17, 15) is 9.65 Å². The molecule has 0 saturated heterocycles. The van der Waals surface area contributed by atoms with Crippen LogP contribution in [0.2, 0.25) is 0 Å². The molecule has 0 aromatic heterocycles. The van der Waals surface area contributed by atoms with Gasteiger partial charge in [-0.15, -0.1) is 0 Å². The van der Waals surface area contributed by atoms with Gasteiger partial charge in [0, 0.05) is 5.56 Å². The zero-order valence-electron chi connectivity index (χ0n) is 12.0. The standard InChI is InChI=1S/C18H16FNO/c1-13(2)21-16-9-7-14(8-10-16)11-15(12-20)17-5-3-4-6-18(17)19/h3-11,13H,1-2H3. The molecule has 0 bridgehead atoms. The van der Waals surface area contributed by atoms with Gasteiger partial charge in [-0.2, -0.15) is 5.26 Å². The van der Waals surface area contributed by atoms with Crippen molar-refractivity contribution in [3.05, 3.63) is 65.5 Å². The fourth-order valence-corrected chi connectivity index (χ4v) is 1.93. The van der Waals surface area contributed by atoms with Crippen LogP contribution in [-0.2, 0) is 0 Å². The monoisotopic (exact) mass is 281 g/mol. The lowest BCUT2D eigenvalue weighted by Crippen LogP contribution is -2.05. The van der Waals surface area contributed by atoms with Crippen molar-refractivity contribution in [3.63, 3.8) is 0 Å². The number of nitrogens with zero attached hydrogens (tertiary/aromatic N) is 1. The molecule has 106 valence electrons. The summed E-state index contributed by atoms with van der Waals surface area (Å²) in [4.78, 5) is 0. The molecule has 3 heteroatoms. The van der Waals surface area contributed by atoms with E-state index in [1.54, 1.807) is 24.3 Å². The Kier molecular flexibility index (Phi) is 4.73. The number of hydrogen-bond acceptors (Lipinski definition) is 2. The van der Waals surface area contributed by atoms with E-state index >= 15 is 0 Å². The van der Waals surface area contributed by atoms with Gasteiger partial charge < -0.3 is 4.74 Å². The zero-order valence-corrected chi connectivity index (χ0v) is 12.0. The third-order valence-corrected chi connectivity index (χ3v) is 2.85. The van der Waals surface area contributed by atoms with Crippen molar-refractivity contribution in [2.24, 2.45) is 0 Å². The summed E-state index contributed by atoms with van der Waals surface area (Å²) in [6.07, 6.45) is 1.77. The van der Waals surface area contributed by atoms with Crippen LogP contribution in [0.5, 0.6) is 5.75 Å². The predicted octanol–water partition coefficient (Wildman–Crippen LogP) is 4.68. The summed E-state index contributed by atoms with van der Waals surface area (Å²) in [7, 11) is 0. The number of rotatable bonds is 4. The molecule has 0 heterocycles. The molecule has 0 unspecified atom stereocenters. The molecule has 0 aliphatic heterocycles. The normalized spacial score (nSPS) is 11.3. The van der Waals surface area contributed by atoms with Gasteiger partial charge >= 0.3 is 0 Å². The van der Waals surface area contributed by atoms with E-state index < -0.39 is 5.82 Å². The lowest BCUT2D eigenvalue weighted by molar-refractivity contribution is 0.242. The Labute approximate surface area is 124 Å². The summed E-state index contributed by atoms with van der Waals surface area (Å²) in [6, 6.07) is 15.7. The molecule has 0 N–H and O–H groups in total. The van der Waals surface area contributed by atoms with Crippen LogP contribution >= 0.6 is 0 Å². The Morgan fingerprint density at radius 3 is 2.38 bits per heavy atom. The number of ether oxygens (including phenoxy) is 1. The number of halogens is 1. The van der Waals surface area contributed by atoms with Crippen molar-refractivity contribution in [1.29, 1.82) is 5.26 Å². The van der Waals surface area contributed by atoms with E-state index in [1.165, 1.54) is 6.07 Å². The summed E-state index contributed by atoms with van der Waals surface area (Å²) in [5.74, 6) is 0.372. The van der Waals surface area contributed by atoms with Crippen molar-refractivity contribution in [1.82, 2.24) is 0 Å². The molecular formula is C18H16FNO. The van der Waals surface area contributed by atoms with Gasteiger partial charge in [0.15, 0.2) is 0 Å². The number of hydrogen-bond donors (Lipinski definition) is 0. The maximum Gasteiger partial charge on any atom is 0.131 e. The van der Waals surface area contributed by atoms with E-state index in [1.807, 2.05) is 44.2 Å². The fraction of sp³-hybridized carbons (Fsp3) is 0.167. The van der Waals surface area contributed by atoms with Gasteiger partial charge in [-0.25, -0.2) is 4.39 Å². The Morgan fingerprint density at radius 1 is 1.14 bits per heavy atom. The van der Waals surface area contributed by atoms with Gasteiger partial charge in [-0.1, -0.05) is 30.3 Å². The maximum absolute atomic E-state index is 13.7. The van der Waals surface area contributed by atoms with Gasteiger partial charge in [0.25, 0.3) is 0 Å². The number of nitriles is 1. The van der Waals surface area contributed by atoms with Crippen molar-refractivity contribution >= 4 is 11.6 Å². The Bertz CT molecular complexity index is 681. The van der Waals surface area contributed by atoms with E-state index in [4.69, 9.17) is 4.74 Å². The van der Waals surface area contributed by atoms with Crippen LogP contribution in [0.4, 0.5) is 4.39 Å². The maximum atomic E-state index is 13.7. The van der Waals surface area contributed by atoms with Crippen molar-refractivity contribution in [3.8, 4) is 11.8 Å². The number of benzene rings is 2. The second-order valence-electron chi connectivity index (χ2n) is 4.89. The molecule has 0 atom stereocenters. The molecular weight excluding hydrogens is 265 g/mol. The largest absolute Gasteiger partial charge is 0.491 e. The molecule has 2 nitrogen and oxygen atoms in total. The Hall–Kier alpha value is -2.60. The fourth-order valence-electron chi connectivity index (χ4n) is 1.93. The van der Waals surface area contributed by atoms with Crippen LogP contribution in [0.1, 0.15) is 25.0 Å². The molecule has 2 aromatic rings. The van der Waals surface area contributed by atoms with Gasteiger partial charge in [0.2, 0.25) is 0 Å². The molecule has 0 fully saturated rings. The molecule has 2 aromatic carbocycles. The molecule has 2 rings (SSSR count). The first-order valence-electron chi connectivity index (χ1n) is 6.73. The average Bonchev–Trinajstić information content (AvgIpc) is 2.47. The first-order valence-corrected chi connectivity index (χ1v) is 6.73. The molecule has 0 spiro atoms. The van der Waals surface area contributed by atoms with Crippen LogP contribution < -0.4 is 4.74 Å². The third-order valence-electron chi connectivity index (χ3n) is 2.85. The highest BCUT2D eigenvalue weighted by molar-refractivity contribution is 5.89. The van der Waals surface area contributed by atoms with E-state index in [-0.39, 0.29) is 6.10 Å². The predicted molar refractivity (Wildman–Crippen MR) is 82.1 cm³/mol. The summed E-state index contributed by atoms with van der Waals surface area (Å²) < 4.78 is 19.3. The quantitative estimate of drug-likeness (QED) is 0.602. The molecule has 0 aliphatic rings. The number of allylic oxidation sites excluding steroid dienone is 1. The van der Waals surface area contributed by atoms with E-state index in [2.05, 4.69) is 0 Å². The molecule has 21 heavy (non-hydrogen) atoms. The second-order valence-corrected chi connectivity index (χ2v) is 4.89. The van der Waals surface area contributed by atoms with Gasteiger partial charge in [-0.3, -0.25) is 0 Å². The minimum Gasteiger partial charge on any atom is -0.491 e. The zero-order chi connectivity index (χ0) is 15.2. The van der Waals surface area contributed by atoms with E-state index in [0.29, 0.717) is 11.1 Å². The average molecular weight is 281 g/mol. The Morgan fingerprint density at radius 2 is 1.81 bits per heavy atom. The lowest BCUT2D eigenvalue weighted by atomic mass is 10.0. The van der Waals surface area contributed by atoms with Crippen molar-refractivity contribution in [2.75, 3.05) is 0 Å². The summed E-state index contributed by atoms with van der Waals surface area (Å²) in [6.45, 7) is 3.92. The first-order chi connectivity index (χ1) is 10.1. The van der Waals surface area contributed by atoms with Crippen LogP contribution in [0, 0.1) is 17.1 Å². The molecule has 0 aliphatic carbocycles. The Balaban J connectivity index is 2.29. The molecule has 0 amide bonds. The van der Waals surface area contributed by atoms with Crippen LogP contribution in [-0.4, -0.2) is 6.10 Å². The SMILES string of the molecule is CC(C)Oc1ccc(C=C(C#N)c2ccccc2F)cc1. The van der Waals surface area contributed by atoms with Gasteiger partial charge in [-0.05, 0) is 43.7 Å². The smallest absolute Gasteiger partial charge is 0.131 e. The summed E-state index contributed by atoms with van der Waals surface area (Å²) in [5, 5.41) is 9.23. The third kappa shape index (κ3) is 3.93. The van der Waals surface area contributed by atoms with Crippen LogP contribution in [0.3, 0.4) is 0 Å². The second kappa shape index (κ2) is 6.71. The minimum absolute atomic E-state index is 0.111. The topological polar surface area (TPSA) is 33.0 Å². The van der Waals surface area contributed by atoms with Crippen molar-refractivity contribution < 1.29 is 9.13 Å².